The Balaban J connectivity index is 1.59. The Labute approximate surface area is 157 Å². The molecule has 8 heteroatoms. The van der Waals surface area contributed by atoms with Gasteiger partial charge in [0.1, 0.15) is 18.1 Å². The van der Waals surface area contributed by atoms with Crippen LogP contribution >= 0.6 is 11.6 Å². The van der Waals surface area contributed by atoms with Crippen LogP contribution < -0.4 is 10.1 Å². The normalized spacial score (nSPS) is 19.7. The summed E-state index contributed by atoms with van der Waals surface area (Å²) in [6, 6.07) is 3.82. The van der Waals surface area contributed by atoms with Crippen molar-refractivity contribution in [1.82, 2.24) is 25.2 Å². The summed E-state index contributed by atoms with van der Waals surface area (Å²) in [5.41, 5.74) is 2.94. The van der Waals surface area contributed by atoms with Gasteiger partial charge in [-0.1, -0.05) is 16.8 Å². The van der Waals surface area contributed by atoms with Gasteiger partial charge in [0.05, 0.1) is 12.2 Å². The molecular formula is C18H22ClN5O2. The van der Waals surface area contributed by atoms with Crippen molar-refractivity contribution in [2.75, 3.05) is 19.6 Å². The van der Waals surface area contributed by atoms with Crippen LogP contribution in [0.2, 0.25) is 5.02 Å². The molecule has 4 rings (SSSR count). The second-order valence-corrected chi connectivity index (χ2v) is 7.22. The van der Waals surface area contributed by atoms with Crippen LogP contribution in [0.3, 0.4) is 0 Å². The van der Waals surface area contributed by atoms with Gasteiger partial charge in [0.2, 0.25) is 5.91 Å². The van der Waals surface area contributed by atoms with Gasteiger partial charge in [0.25, 0.3) is 0 Å². The highest BCUT2D eigenvalue weighted by molar-refractivity contribution is 6.31. The topological polar surface area (TPSA) is 72.3 Å². The van der Waals surface area contributed by atoms with Crippen LogP contribution in [-0.4, -0.2) is 45.4 Å². The zero-order valence-corrected chi connectivity index (χ0v) is 15.5. The first kappa shape index (κ1) is 17.3. The highest BCUT2D eigenvalue weighted by Crippen LogP contribution is 2.37. The fourth-order valence-corrected chi connectivity index (χ4v) is 4.00. The van der Waals surface area contributed by atoms with Crippen molar-refractivity contribution in [1.29, 1.82) is 0 Å². The predicted octanol–water partition coefficient (Wildman–Crippen LogP) is 1.86. The third kappa shape index (κ3) is 3.41. The number of halogens is 1. The number of fused-ring (bicyclic) bond motifs is 1. The van der Waals surface area contributed by atoms with Crippen molar-refractivity contribution < 1.29 is 9.53 Å². The summed E-state index contributed by atoms with van der Waals surface area (Å²) >= 11 is 6.46. The number of amides is 1. The van der Waals surface area contributed by atoms with Gasteiger partial charge in [0, 0.05) is 37.1 Å². The quantitative estimate of drug-likeness (QED) is 0.863. The molecule has 1 fully saturated rings. The van der Waals surface area contributed by atoms with Crippen LogP contribution in [0.5, 0.6) is 5.75 Å². The minimum Gasteiger partial charge on any atom is -0.487 e. The number of carbonyl (C=O) groups is 1. The minimum atomic E-state index is 0.0244. The number of hydrogen-bond acceptors (Lipinski definition) is 5. The molecule has 1 aromatic heterocycles. The number of carbonyl (C=O) groups excluding carboxylic acids is 1. The van der Waals surface area contributed by atoms with Crippen LogP contribution in [0.1, 0.15) is 35.7 Å². The number of nitrogens with one attached hydrogen (secondary N) is 1. The lowest BCUT2D eigenvalue weighted by atomic mass is 9.92. The number of nitrogens with zero attached hydrogens (tertiary/aromatic N) is 4. The Kier molecular flexibility index (Phi) is 4.82. The minimum absolute atomic E-state index is 0.0244. The Morgan fingerprint density at radius 1 is 1.38 bits per heavy atom. The molecule has 0 bridgehead atoms. The number of aromatic nitrogens is 3. The molecule has 0 aliphatic carbocycles. The van der Waals surface area contributed by atoms with Crippen molar-refractivity contribution in [3.8, 4) is 5.75 Å². The summed E-state index contributed by atoms with van der Waals surface area (Å²) in [6.45, 7) is 2.65. The second-order valence-electron chi connectivity index (χ2n) is 6.81. The molecule has 7 nitrogen and oxygen atoms in total. The van der Waals surface area contributed by atoms with Gasteiger partial charge in [-0.05, 0) is 37.1 Å². The Hall–Kier alpha value is -2.12. The van der Waals surface area contributed by atoms with E-state index in [9.17, 15) is 4.79 Å². The number of rotatable bonds is 5. The maximum absolute atomic E-state index is 12.0. The lowest BCUT2D eigenvalue weighted by molar-refractivity contribution is -0.128. The molecule has 138 valence electrons. The predicted molar refractivity (Wildman–Crippen MR) is 97.0 cm³/mol. The van der Waals surface area contributed by atoms with Gasteiger partial charge in [-0.25, -0.2) is 0 Å². The Morgan fingerprint density at radius 2 is 2.27 bits per heavy atom. The van der Waals surface area contributed by atoms with E-state index in [0.717, 1.165) is 53.5 Å². The van der Waals surface area contributed by atoms with E-state index in [-0.39, 0.29) is 11.9 Å². The molecule has 1 saturated heterocycles. The fourth-order valence-electron chi connectivity index (χ4n) is 3.74. The van der Waals surface area contributed by atoms with E-state index in [1.807, 2.05) is 30.3 Å². The van der Waals surface area contributed by atoms with Crippen LogP contribution in [0.15, 0.2) is 18.3 Å². The van der Waals surface area contributed by atoms with Crippen molar-refractivity contribution in [3.63, 3.8) is 0 Å². The average molecular weight is 376 g/mol. The molecule has 1 N–H and O–H groups in total. The molecule has 0 spiro atoms. The van der Waals surface area contributed by atoms with Gasteiger partial charge in [-0.3, -0.25) is 9.48 Å². The van der Waals surface area contributed by atoms with E-state index in [4.69, 9.17) is 16.3 Å². The zero-order chi connectivity index (χ0) is 18.1. The van der Waals surface area contributed by atoms with Crippen LogP contribution in [0.25, 0.3) is 0 Å². The van der Waals surface area contributed by atoms with Gasteiger partial charge in [-0.2, -0.15) is 0 Å². The first-order valence-electron chi connectivity index (χ1n) is 8.92. The van der Waals surface area contributed by atoms with E-state index in [2.05, 4.69) is 15.6 Å². The zero-order valence-electron chi connectivity index (χ0n) is 14.7. The first-order chi connectivity index (χ1) is 12.6. The third-order valence-corrected chi connectivity index (χ3v) is 5.33. The smallest absolute Gasteiger partial charge is 0.222 e. The summed E-state index contributed by atoms with van der Waals surface area (Å²) in [5, 5.41) is 12.3. The van der Waals surface area contributed by atoms with Crippen LogP contribution in [0, 0.1) is 0 Å². The van der Waals surface area contributed by atoms with Crippen molar-refractivity contribution >= 4 is 17.5 Å². The van der Waals surface area contributed by atoms with Crippen molar-refractivity contribution in [2.24, 2.45) is 7.05 Å². The number of likely N-dealkylation sites (tertiary alicyclic amines) is 1. The SMILES string of the molecule is Cn1cc(COc2ccc(Cl)c3c2C(CN2CCCC2=O)NCC3)nn1. The second kappa shape index (κ2) is 7.25. The van der Waals surface area contributed by atoms with Crippen molar-refractivity contribution in [3.05, 3.63) is 40.2 Å². The van der Waals surface area contributed by atoms with E-state index < -0.39 is 0 Å². The Morgan fingerprint density at radius 3 is 3.00 bits per heavy atom. The fraction of sp³-hybridized carbons (Fsp3) is 0.500. The van der Waals surface area contributed by atoms with Gasteiger partial charge >= 0.3 is 0 Å². The van der Waals surface area contributed by atoms with E-state index in [0.29, 0.717) is 19.6 Å². The molecule has 1 atom stereocenters. The summed E-state index contributed by atoms with van der Waals surface area (Å²) in [6.07, 6.45) is 4.26. The molecule has 0 radical (unpaired) electrons. The van der Waals surface area contributed by atoms with Crippen molar-refractivity contribution in [2.45, 2.75) is 31.9 Å². The lowest BCUT2D eigenvalue weighted by Gasteiger charge is -2.32. The number of benzene rings is 1. The van der Waals surface area contributed by atoms with Gasteiger partial charge < -0.3 is 15.0 Å². The molecule has 1 amide bonds. The maximum atomic E-state index is 12.0. The molecule has 2 aliphatic rings. The van der Waals surface area contributed by atoms with E-state index >= 15 is 0 Å². The summed E-state index contributed by atoms with van der Waals surface area (Å²) in [4.78, 5) is 14.0. The summed E-state index contributed by atoms with van der Waals surface area (Å²) in [5.74, 6) is 1.02. The average Bonchev–Trinajstić information content (AvgIpc) is 3.23. The number of aryl methyl sites for hydroxylation is 1. The molecular weight excluding hydrogens is 354 g/mol. The lowest BCUT2D eigenvalue weighted by Crippen LogP contribution is -2.39. The Bertz CT molecular complexity index is 822. The standard InChI is InChI=1S/C18H22ClN5O2/c1-23-9-12(21-22-23)11-26-16-5-4-14(19)13-6-7-20-15(18(13)16)10-24-8-2-3-17(24)25/h4-5,9,15,20H,2-3,6-8,10-11H2,1H3. The van der Waals surface area contributed by atoms with E-state index in [1.54, 1.807) is 4.68 Å². The van der Waals surface area contributed by atoms with Crippen LogP contribution in [-0.2, 0) is 24.9 Å². The first-order valence-corrected chi connectivity index (χ1v) is 9.30. The largest absolute Gasteiger partial charge is 0.487 e. The molecule has 2 aromatic rings. The molecule has 3 heterocycles. The van der Waals surface area contributed by atoms with Gasteiger partial charge in [0.15, 0.2) is 0 Å². The molecule has 2 aliphatic heterocycles. The summed E-state index contributed by atoms with van der Waals surface area (Å²) in [7, 11) is 1.83. The van der Waals surface area contributed by atoms with Gasteiger partial charge in [-0.15, -0.1) is 5.10 Å². The number of hydrogen-bond donors (Lipinski definition) is 1. The molecule has 26 heavy (non-hydrogen) atoms. The maximum Gasteiger partial charge on any atom is 0.222 e. The monoisotopic (exact) mass is 375 g/mol. The number of ether oxygens (including phenoxy) is 1. The molecule has 0 saturated carbocycles. The third-order valence-electron chi connectivity index (χ3n) is 4.97. The van der Waals surface area contributed by atoms with Crippen LogP contribution in [0.4, 0.5) is 0 Å². The van der Waals surface area contributed by atoms with E-state index in [1.165, 1.54) is 0 Å². The highest BCUT2D eigenvalue weighted by Gasteiger charge is 2.30. The molecule has 1 aromatic carbocycles. The molecule has 1 unspecified atom stereocenters. The highest BCUT2D eigenvalue weighted by atomic mass is 35.5. The summed E-state index contributed by atoms with van der Waals surface area (Å²) < 4.78 is 7.71.